The molecule has 1 aromatic rings. The molecule has 176 valence electrons. The van der Waals surface area contributed by atoms with E-state index in [9.17, 15) is 4.79 Å². The molecule has 1 aliphatic carbocycles. The molecule has 0 radical (unpaired) electrons. The first-order valence-corrected chi connectivity index (χ1v) is 14.8. The van der Waals surface area contributed by atoms with Gasteiger partial charge in [0.1, 0.15) is 11.4 Å². The summed E-state index contributed by atoms with van der Waals surface area (Å²) < 4.78 is 12.1. The van der Waals surface area contributed by atoms with Crippen LogP contribution in [-0.2, 0) is 10.2 Å². The molecule has 0 aromatic heterocycles. The lowest BCUT2D eigenvalue weighted by molar-refractivity contribution is 0.0421. The summed E-state index contributed by atoms with van der Waals surface area (Å²) in [5.41, 5.74) is 0.765. The van der Waals surface area contributed by atoms with Gasteiger partial charge in [-0.1, -0.05) is 53.2 Å². The summed E-state index contributed by atoms with van der Waals surface area (Å²) in [6, 6.07) is 8.73. The number of carbonyl (C=O) groups is 1. The van der Waals surface area contributed by atoms with Crippen LogP contribution in [0.15, 0.2) is 24.3 Å². The molecule has 31 heavy (non-hydrogen) atoms. The van der Waals surface area contributed by atoms with Crippen molar-refractivity contribution in [2.75, 3.05) is 0 Å². The number of hydrogen-bond donors (Lipinski definition) is 1. The van der Waals surface area contributed by atoms with Gasteiger partial charge < -0.3 is 14.5 Å². The highest BCUT2D eigenvalue weighted by Gasteiger charge is 2.46. The fraction of sp³-hybridized carbons (Fsp3) is 0.731. The van der Waals surface area contributed by atoms with E-state index >= 15 is 0 Å². The Bertz CT molecular complexity index is 737. The van der Waals surface area contributed by atoms with Crippen LogP contribution in [0, 0.1) is 5.92 Å². The highest BCUT2D eigenvalue weighted by atomic mass is 28.4. The maximum Gasteiger partial charge on any atom is 0.407 e. The third-order valence-corrected chi connectivity index (χ3v) is 11.3. The Morgan fingerprint density at radius 1 is 1.06 bits per heavy atom. The third kappa shape index (κ3) is 6.50. The Balaban J connectivity index is 2.26. The van der Waals surface area contributed by atoms with Gasteiger partial charge in [-0.25, -0.2) is 4.79 Å². The number of alkyl carbamates (subject to hydrolysis) is 1. The zero-order chi connectivity index (χ0) is 23.7. The molecule has 0 saturated heterocycles. The van der Waals surface area contributed by atoms with E-state index in [1.807, 2.05) is 20.8 Å². The van der Waals surface area contributed by atoms with Gasteiger partial charge in [0.2, 0.25) is 8.32 Å². The number of carbonyl (C=O) groups excluding carboxylic acids is 1. The molecule has 1 saturated carbocycles. The van der Waals surface area contributed by atoms with E-state index in [-0.39, 0.29) is 22.6 Å². The van der Waals surface area contributed by atoms with Crippen LogP contribution in [0.3, 0.4) is 0 Å². The van der Waals surface area contributed by atoms with Crippen molar-refractivity contribution < 1.29 is 14.0 Å². The number of rotatable bonds is 7. The zero-order valence-electron chi connectivity index (χ0n) is 21.5. The monoisotopic (exact) mass is 447 g/mol. The summed E-state index contributed by atoms with van der Waals surface area (Å²) in [5.74, 6) is 1.43. The van der Waals surface area contributed by atoms with Crippen molar-refractivity contribution in [1.82, 2.24) is 5.32 Å². The maximum atomic E-state index is 12.6. The van der Waals surface area contributed by atoms with Crippen LogP contribution in [0.4, 0.5) is 4.79 Å². The van der Waals surface area contributed by atoms with Gasteiger partial charge in [-0.2, -0.15) is 0 Å². The molecule has 1 unspecified atom stereocenters. The first-order chi connectivity index (χ1) is 14.1. The smallest absolute Gasteiger partial charge is 0.407 e. The molecule has 0 heterocycles. The van der Waals surface area contributed by atoms with Gasteiger partial charge in [0, 0.05) is 11.5 Å². The number of nitrogens with one attached hydrogen (secondary N) is 1. The van der Waals surface area contributed by atoms with Crippen molar-refractivity contribution >= 4 is 14.4 Å². The average molecular weight is 448 g/mol. The molecule has 4 nitrogen and oxygen atoms in total. The lowest BCUT2D eigenvalue weighted by atomic mass is 9.59. The average Bonchev–Trinajstić information content (AvgIpc) is 2.51. The normalized spacial score (nSPS) is 17.6. The molecule has 1 aromatic carbocycles. The van der Waals surface area contributed by atoms with E-state index in [0.29, 0.717) is 5.92 Å². The van der Waals surface area contributed by atoms with Crippen LogP contribution < -0.4 is 9.74 Å². The van der Waals surface area contributed by atoms with E-state index < -0.39 is 13.9 Å². The van der Waals surface area contributed by atoms with Gasteiger partial charge in [0.05, 0.1) is 0 Å². The van der Waals surface area contributed by atoms with Crippen LogP contribution in [0.25, 0.3) is 0 Å². The Morgan fingerprint density at radius 2 is 1.61 bits per heavy atom. The maximum absolute atomic E-state index is 12.6. The summed E-state index contributed by atoms with van der Waals surface area (Å²) >= 11 is 0. The van der Waals surface area contributed by atoms with E-state index in [4.69, 9.17) is 9.16 Å². The summed E-state index contributed by atoms with van der Waals surface area (Å²) in [7, 11) is -1.87. The molecule has 1 fully saturated rings. The van der Waals surface area contributed by atoms with Crippen LogP contribution in [-0.4, -0.2) is 26.1 Å². The second kappa shape index (κ2) is 9.17. The molecule has 1 amide bonds. The van der Waals surface area contributed by atoms with E-state index in [1.54, 1.807) is 0 Å². The lowest BCUT2D eigenvalue weighted by Gasteiger charge is -2.49. The standard InChI is InChI=1S/C26H45NO3Si/c1-19(2)18-22(27-23(28)29-24(3,4)5)26(16-11-17-26)20-12-14-21(15-13-20)30-31(9,10)25(6,7)8/h12-15,19,22H,11,16-18H2,1-10H3,(H,27,28). The molecule has 1 aliphatic rings. The molecule has 1 atom stereocenters. The summed E-state index contributed by atoms with van der Waals surface area (Å²) in [4.78, 5) is 12.6. The highest BCUT2D eigenvalue weighted by molar-refractivity contribution is 6.74. The first-order valence-electron chi connectivity index (χ1n) is 11.8. The number of amides is 1. The van der Waals surface area contributed by atoms with Crippen molar-refractivity contribution in [3.63, 3.8) is 0 Å². The molecule has 0 spiro atoms. The van der Waals surface area contributed by atoms with E-state index in [0.717, 1.165) is 25.0 Å². The Morgan fingerprint density at radius 3 is 2.00 bits per heavy atom. The summed E-state index contributed by atoms with van der Waals surface area (Å²) in [6.45, 7) is 21.5. The predicted molar refractivity (Wildman–Crippen MR) is 132 cm³/mol. The molecular weight excluding hydrogens is 402 g/mol. The molecule has 2 rings (SSSR count). The minimum Gasteiger partial charge on any atom is -0.544 e. The van der Waals surface area contributed by atoms with Gasteiger partial charge >= 0.3 is 6.09 Å². The van der Waals surface area contributed by atoms with Gasteiger partial charge in [0.25, 0.3) is 0 Å². The second-order valence-corrected chi connectivity index (χ2v) is 16.9. The van der Waals surface area contributed by atoms with Crippen molar-refractivity contribution in [3.05, 3.63) is 29.8 Å². The summed E-state index contributed by atoms with van der Waals surface area (Å²) in [6.07, 6.45) is 3.97. The number of benzene rings is 1. The number of ether oxygens (including phenoxy) is 1. The fourth-order valence-corrected chi connectivity index (χ4v) is 5.07. The Hall–Kier alpha value is -1.49. The SMILES string of the molecule is CC(C)CC(NC(=O)OC(C)(C)C)C1(c2ccc(O[Si](C)(C)C(C)(C)C)cc2)CCC1. The van der Waals surface area contributed by atoms with Crippen molar-refractivity contribution in [2.24, 2.45) is 5.92 Å². The van der Waals surface area contributed by atoms with Crippen LogP contribution >= 0.6 is 0 Å². The summed E-state index contributed by atoms with van der Waals surface area (Å²) in [5, 5.41) is 3.40. The fourth-order valence-electron chi connectivity index (χ4n) is 4.04. The molecule has 5 heteroatoms. The van der Waals surface area contributed by atoms with Crippen LogP contribution in [0.5, 0.6) is 5.75 Å². The van der Waals surface area contributed by atoms with Gasteiger partial charge in [-0.05, 0) is 81.8 Å². The predicted octanol–water partition coefficient (Wildman–Crippen LogP) is 7.43. The van der Waals surface area contributed by atoms with Crippen LogP contribution in [0.2, 0.25) is 18.1 Å². The zero-order valence-corrected chi connectivity index (χ0v) is 22.5. The van der Waals surface area contributed by atoms with Crippen molar-refractivity contribution in [2.45, 2.75) is 116 Å². The minimum atomic E-state index is -1.87. The van der Waals surface area contributed by atoms with Gasteiger partial charge in [-0.3, -0.25) is 0 Å². The second-order valence-electron chi connectivity index (χ2n) is 12.2. The van der Waals surface area contributed by atoms with Crippen molar-refractivity contribution in [3.8, 4) is 5.75 Å². The highest BCUT2D eigenvalue weighted by Crippen LogP contribution is 2.48. The first kappa shape index (κ1) is 25.8. The van der Waals surface area contributed by atoms with Crippen LogP contribution in [0.1, 0.15) is 86.6 Å². The molecule has 1 N–H and O–H groups in total. The Kier molecular flexibility index (Phi) is 7.62. The van der Waals surface area contributed by atoms with Gasteiger partial charge in [-0.15, -0.1) is 0 Å². The topological polar surface area (TPSA) is 47.6 Å². The largest absolute Gasteiger partial charge is 0.544 e. The van der Waals surface area contributed by atoms with E-state index in [2.05, 4.69) is 77.3 Å². The quantitative estimate of drug-likeness (QED) is 0.442. The molecular formula is C26H45NO3Si. The van der Waals surface area contributed by atoms with Gasteiger partial charge in [0.15, 0.2) is 0 Å². The number of hydrogen-bond acceptors (Lipinski definition) is 3. The lowest BCUT2D eigenvalue weighted by Crippen LogP contribution is -2.55. The van der Waals surface area contributed by atoms with E-state index in [1.165, 1.54) is 12.0 Å². The minimum absolute atomic E-state index is 0.0311. The molecule has 0 bridgehead atoms. The molecule has 0 aliphatic heterocycles. The third-order valence-electron chi connectivity index (χ3n) is 6.92. The Labute approximate surface area is 191 Å². The van der Waals surface area contributed by atoms with Crippen molar-refractivity contribution in [1.29, 1.82) is 0 Å².